The lowest BCUT2D eigenvalue weighted by Gasteiger charge is -2.17. The smallest absolute Gasteiger partial charge is 0.305 e. The highest BCUT2D eigenvalue weighted by molar-refractivity contribution is 6.06. The molecule has 2 rings (SSSR count). The number of carbonyl (C=O) groups is 2. The number of hydrogen-bond donors (Lipinski definition) is 2. The molecule has 0 bridgehead atoms. The van der Waals surface area contributed by atoms with E-state index in [2.05, 4.69) is 10.1 Å². The molecule has 3 N–H and O–H groups in total. The van der Waals surface area contributed by atoms with Gasteiger partial charge in [0.2, 0.25) is 0 Å². The number of ether oxygens (including phenoxy) is 3. The first-order valence-electron chi connectivity index (χ1n) is 7.97. The van der Waals surface area contributed by atoms with Crippen LogP contribution < -0.4 is 20.5 Å². The molecule has 0 spiro atoms. The summed E-state index contributed by atoms with van der Waals surface area (Å²) in [5.74, 6) is 0.167. The van der Waals surface area contributed by atoms with Gasteiger partial charge in [-0.05, 0) is 36.2 Å². The molecule has 0 saturated carbocycles. The van der Waals surface area contributed by atoms with Crippen LogP contribution in [0.3, 0.4) is 0 Å². The van der Waals surface area contributed by atoms with Gasteiger partial charge in [-0.25, -0.2) is 0 Å². The summed E-state index contributed by atoms with van der Waals surface area (Å²) in [6.45, 7) is 0. The Balaban J connectivity index is 2.38. The Morgan fingerprint density at radius 1 is 1.08 bits per heavy atom. The summed E-state index contributed by atoms with van der Waals surface area (Å²) in [6.07, 6.45) is 0.548. The van der Waals surface area contributed by atoms with E-state index < -0.39 is 0 Å². The number of hydrogen-bond acceptors (Lipinski definition) is 6. The Kier molecular flexibility index (Phi) is 6.43. The fraction of sp³-hybridized carbons (Fsp3) is 0.263. The maximum absolute atomic E-state index is 12.6. The van der Waals surface area contributed by atoms with Gasteiger partial charge < -0.3 is 25.3 Å². The molecule has 7 nitrogen and oxygen atoms in total. The summed E-state index contributed by atoms with van der Waals surface area (Å²) >= 11 is 0. The fourth-order valence-electron chi connectivity index (χ4n) is 2.52. The topological polar surface area (TPSA) is 99.9 Å². The molecule has 1 amide bonds. The summed E-state index contributed by atoms with van der Waals surface area (Å²) < 4.78 is 15.4. The van der Waals surface area contributed by atoms with Crippen molar-refractivity contribution in [3.05, 3.63) is 47.5 Å². The number of aryl methyl sites for hydroxylation is 1. The molecule has 7 heteroatoms. The van der Waals surface area contributed by atoms with Gasteiger partial charge in [-0.3, -0.25) is 9.59 Å². The Morgan fingerprint density at radius 2 is 1.85 bits per heavy atom. The zero-order valence-corrected chi connectivity index (χ0v) is 15.0. The third-order valence-corrected chi connectivity index (χ3v) is 3.85. The molecule has 0 aliphatic heterocycles. The zero-order chi connectivity index (χ0) is 19.1. The van der Waals surface area contributed by atoms with Crippen LogP contribution in [0, 0.1) is 0 Å². The van der Waals surface area contributed by atoms with Crippen molar-refractivity contribution in [1.29, 1.82) is 0 Å². The van der Waals surface area contributed by atoms with Crippen molar-refractivity contribution < 1.29 is 23.8 Å². The Hall–Kier alpha value is -3.22. The second kappa shape index (κ2) is 8.75. The van der Waals surface area contributed by atoms with Gasteiger partial charge in [-0.2, -0.15) is 0 Å². The number of nitrogens with one attached hydrogen (secondary N) is 1. The van der Waals surface area contributed by atoms with Gasteiger partial charge in [0.1, 0.15) is 0 Å². The van der Waals surface area contributed by atoms with Crippen LogP contribution in [0.2, 0.25) is 0 Å². The van der Waals surface area contributed by atoms with E-state index in [0.717, 1.165) is 5.56 Å². The molecule has 0 aliphatic rings. The number of rotatable bonds is 7. The lowest BCUT2D eigenvalue weighted by atomic mass is 10.0. The quantitative estimate of drug-likeness (QED) is 0.583. The number of amides is 1. The standard InChI is InChI=1S/C19H22N2O5/c1-24-15-9-7-12(8-10-16(22)25-2)17(18(15)26-3)21-19(23)13-5-4-6-14(20)11-13/h4-7,9,11H,8,10,20H2,1-3H3,(H,21,23). The van der Waals surface area contributed by atoms with Crippen molar-refractivity contribution >= 4 is 23.3 Å². The molecule has 0 aromatic heterocycles. The lowest BCUT2D eigenvalue weighted by Crippen LogP contribution is -2.15. The molecule has 138 valence electrons. The zero-order valence-electron chi connectivity index (χ0n) is 15.0. The van der Waals surface area contributed by atoms with Crippen molar-refractivity contribution in [2.24, 2.45) is 0 Å². The molecule has 0 heterocycles. The first kappa shape index (κ1) is 19.1. The molecule has 0 atom stereocenters. The molecule has 0 aliphatic carbocycles. The predicted molar refractivity (Wildman–Crippen MR) is 98.7 cm³/mol. The Bertz CT molecular complexity index is 805. The summed E-state index contributed by atoms with van der Waals surface area (Å²) in [6, 6.07) is 10.1. The molecule has 0 unspecified atom stereocenters. The second-order valence-electron chi connectivity index (χ2n) is 5.49. The molecule has 0 fully saturated rings. The van der Waals surface area contributed by atoms with E-state index >= 15 is 0 Å². The van der Waals surface area contributed by atoms with Gasteiger partial charge in [0.05, 0.1) is 27.0 Å². The third-order valence-electron chi connectivity index (χ3n) is 3.85. The normalized spacial score (nSPS) is 10.1. The fourth-order valence-corrected chi connectivity index (χ4v) is 2.52. The monoisotopic (exact) mass is 358 g/mol. The number of nitrogens with two attached hydrogens (primary N) is 1. The minimum atomic E-state index is -0.344. The summed E-state index contributed by atoms with van der Waals surface area (Å²) in [4.78, 5) is 24.1. The Morgan fingerprint density at radius 3 is 2.46 bits per heavy atom. The number of nitrogen functional groups attached to an aromatic ring is 1. The van der Waals surface area contributed by atoms with E-state index in [0.29, 0.717) is 34.9 Å². The van der Waals surface area contributed by atoms with Crippen LogP contribution in [-0.4, -0.2) is 33.2 Å². The third kappa shape index (κ3) is 4.44. The van der Waals surface area contributed by atoms with Gasteiger partial charge in [-0.15, -0.1) is 0 Å². The number of carbonyl (C=O) groups excluding carboxylic acids is 2. The van der Waals surface area contributed by atoms with Crippen molar-refractivity contribution in [3.8, 4) is 11.5 Å². The largest absolute Gasteiger partial charge is 0.493 e. The minimum absolute atomic E-state index is 0.174. The van der Waals surface area contributed by atoms with Crippen molar-refractivity contribution in [2.75, 3.05) is 32.4 Å². The van der Waals surface area contributed by atoms with Crippen molar-refractivity contribution in [3.63, 3.8) is 0 Å². The summed E-state index contributed by atoms with van der Waals surface area (Å²) in [7, 11) is 4.33. The average molecular weight is 358 g/mol. The summed E-state index contributed by atoms with van der Waals surface area (Å²) in [5, 5.41) is 2.84. The van der Waals surface area contributed by atoms with Gasteiger partial charge in [0.15, 0.2) is 11.5 Å². The lowest BCUT2D eigenvalue weighted by molar-refractivity contribution is -0.140. The first-order chi connectivity index (χ1) is 12.5. The first-order valence-corrected chi connectivity index (χ1v) is 7.97. The van der Waals surface area contributed by atoms with Crippen LogP contribution in [0.1, 0.15) is 22.3 Å². The van der Waals surface area contributed by atoms with E-state index in [1.165, 1.54) is 21.3 Å². The highest BCUT2D eigenvalue weighted by Gasteiger charge is 2.19. The van der Waals surface area contributed by atoms with Crippen molar-refractivity contribution in [1.82, 2.24) is 0 Å². The number of methoxy groups -OCH3 is 3. The van der Waals surface area contributed by atoms with Crippen LogP contribution in [0.5, 0.6) is 11.5 Å². The average Bonchev–Trinajstić information content (AvgIpc) is 2.66. The van der Waals surface area contributed by atoms with E-state index in [-0.39, 0.29) is 18.3 Å². The van der Waals surface area contributed by atoms with Crippen molar-refractivity contribution in [2.45, 2.75) is 12.8 Å². The molecule has 0 radical (unpaired) electrons. The van der Waals surface area contributed by atoms with Gasteiger partial charge in [-0.1, -0.05) is 12.1 Å². The van der Waals surface area contributed by atoms with Crippen LogP contribution in [-0.2, 0) is 16.0 Å². The molecule has 26 heavy (non-hydrogen) atoms. The molecular formula is C19H22N2O5. The number of benzene rings is 2. The van der Waals surface area contributed by atoms with E-state index in [9.17, 15) is 9.59 Å². The second-order valence-corrected chi connectivity index (χ2v) is 5.49. The van der Waals surface area contributed by atoms with Crippen LogP contribution in [0.15, 0.2) is 36.4 Å². The molecular weight excluding hydrogens is 336 g/mol. The van der Waals surface area contributed by atoms with E-state index in [4.69, 9.17) is 15.2 Å². The highest BCUT2D eigenvalue weighted by Crippen LogP contribution is 2.38. The van der Waals surface area contributed by atoms with Crippen LogP contribution >= 0.6 is 0 Å². The highest BCUT2D eigenvalue weighted by atomic mass is 16.5. The minimum Gasteiger partial charge on any atom is -0.493 e. The molecule has 2 aromatic carbocycles. The van der Waals surface area contributed by atoms with Crippen LogP contribution in [0.4, 0.5) is 11.4 Å². The maximum Gasteiger partial charge on any atom is 0.305 e. The SMILES string of the molecule is COC(=O)CCc1ccc(OC)c(OC)c1NC(=O)c1cccc(N)c1. The van der Waals surface area contributed by atoms with E-state index in [1.807, 2.05) is 0 Å². The number of esters is 1. The molecule has 0 saturated heterocycles. The number of anilines is 2. The van der Waals surface area contributed by atoms with Gasteiger partial charge in [0.25, 0.3) is 5.91 Å². The van der Waals surface area contributed by atoms with Gasteiger partial charge >= 0.3 is 5.97 Å². The van der Waals surface area contributed by atoms with Crippen LogP contribution in [0.25, 0.3) is 0 Å². The van der Waals surface area contributed by atoms with Gasteiger partial charge in [0, 0.05) is 17.7 Å². The molecule has 2 aromatic rings. The van der Waals surface area contributed by atoms with E-state index in [1.54, 1.807) is 36.4 Å². The summed E-state index contributed by atoms with van der Waals surface area (Å²) in [5.41, 5.74) is 7.81. The maximum atomic E-state index is 12.6. The predicted octanol–water partition coefficient (Wildman–Crippen LogP) is 2.64. The Labute approximate surface area is 152 Å².